The van der Waals surface area contributed by atoms with E-state index in [4.69, 9.17) is 0 Å². The van der Waals surface area contributed by atoms with Crippen LogP contribution in [0.25, 0.3) is 0 Å². The lowest BCUT2D eigenvalue weighted by Gasteiger charge is -2.05. The van der Waals surface area contributed by atoms with E-state index in [2.05, 4.69) is 21.2 Å². The number of amides is 1. The molecule has 2 aromatic rings. The van der Waals surface area contributed by atoms with Gasteiger partial charge < -0.3 is 5.32 Å². The third-order valence-electron chi connectivity index (χ3n) is 2.56. The molecule has 0 atom stereocenters. The summed E-state index contributed by atoms with van der Waals surface area (Å²) in [6, 6.07) is 8.56. The predicted molar refractivity (Wildman–Crippen MR) is 83.7 cm³/mol. The van der Waals surface area contributed by atoms with E-state index in [9.17, 15) is 17.6 Å². The Labute approximate surface area is 134 Å². The zero-order chi connectivity index (χ0) is 15.5. The lowest BCUT2D eigenvalue weighted by molar-refractivity contribution is -0.115. The van der Waals surface area contributed by atoms with Crippen LogP contribution in [0.3, 0.4) is 0 Å². The van der Waals surface area contributed by atoms with Crippen LogP contribution >= 0.6 is 27.3 Å². The molecule has 21 heavy (non-hydrogen) atoms. The van der Waals surface area contributed by atoms with E-state index in [1.807, 2.05) is 0 Å². The fraction of sp³-hybridized carbons (Fsp3) is 0.154. The Balaban J connectivity index is 1.95. The summed E-state index contributed by atoms with van der Waals surface area (Å²) in [5, 5.41) is 2.46. The highest BCUT2D eigenvalue weighted by molar-refractivity contribution is 9.11. The summed E-state index contributed by atoms with van der Waals surface area (Å²) < 4.78 is 37.9. The molecule has 1 aromatic carbocycles. The van der Waals surface area contributed by atoms with Gasteiger partial charge in [0.05, 0.1) is 9.54 Å². The molecular formula is C13H11BrFNO3S2. The van der Waals surface area contributed by atoms with Crippen molar-refractivity contribution >= 4 is 48.7 Å². The van der Waals surface area contributed by atoms with Crippen molar-refractivity contribution in [3.63, 3.8) is 0 Å². The van der Waals surface area contributed by atoms with Crippen LogP contribution in [0.15, 0.2) is 44.4 Å². The number of rotatable bonds is 5. The van der Waals surface area contributed by atoms with E-state index in [0.29, 0.717) is 9.47 Å². The van der Waals surface area contributed by atoms with Gasteiger partial charge in [-0.15, -0.1) is 11.3 Å². The van der Waals surface area contributed by atoms with Gasteiger partial charge in [-0.1, -0.05) is 6.07 Å². The number of sulfone groups is 1. The molecule has 112 valence electrons. The third kappa shape index (κ3) is 4.62. The van der Waals surface area contributed by atoms with Gasteiger partial charge in [0.25, 0.3) is 0 Å². The van der Waals surface area contributed by atoms with Crippen molar-refractivity contribution in [3.8, 4) is 0 Å². The van der Waals surface area contributed by atoms with Gasteiger partial charge in [0.1, 0.15) is 10.0 Å². The van der Waals surface area contributed by atoms with Gasteiger partial charge in [-0.05, 0) is 46.3 Å². The maximum absolute atomic E-state index is 13.0. The van der Waals surface area contributed by atoms with E-state index >= 15 is 0 Å². The van der Waals surface area contributed by atoms with Crippen LogP contribution in [0.5, 0.6) is 0 Å². The highest BCUT2D eigenvalue weighted by Crippen LogP contribution is 2.27. The molecule has 1 heterocycles. The van der Waals surface area contributed by atoms with Crippen molar-refractivity contribution in [2.45, 2.75) is 10.6 Å². The topological polar surface area (TPSA) is 63.2 Å². The van der Waals surface area contributed by atoms with Gasteiger partial charge >= 0.3 is 0 Å². The second kappa shape index (κ2) is 6.67. The smallest absolute Gasteiger partial charge is 0.225 e. The molecule has 0 aliphatic heterocycles. The van der Waals surface area contributed by atoms with E-state index in [1.54, 1.807) is 6.07 Å². The molecule has 1 N–H and O–H groups in total. The predicted octanol–water partition coefficient (Wildman–Crippen LogP) is 3.45. The normalized spacial score (nSPS) is 11.3. The fourth-order valence-corrected chi connectivity index (χ4v) is 4.98. The van der Waals surface area contributed by atoms with E-state index in [-0.39, 0.29) is 16.4 Å². The van der Waals surface area contributed by atoms with Crippen molar-refractivity contribution in [1.82, 2.24) is 0 Å². The monoisotopic (exact) mass is 391 g/mol. The molecule has 0 aliphatic carbocycles. The zero-order valence-corrected chi connectivity index (χ0v) is 13.9. The Morgan fingerprint density at radius 3 is 2.67 bits per heavy atom. The summed E-state index contributed by atoms with van der Waals surface area (Å²) in [6.45, 7) is 0. The van der Waals surface area contributed by atoms with Crippen LogP contribution in [0, 0.1) is 5.82 Å². The first-order chi connectivity index (χ1) is 9.87. The molecule has 0 saturated carbocycles. The number of carbonyl (C=O) groups excluding carboxylic acids is 1. The summed E-state index contributed by atoms with van der Waals surface area (Å²) in [7, 11) is -3.48. The number of halogens is 2. The molecule has 8 heteroatoms. The number of anilines is 1. The van der Waals surface area contributed by atoms with Crippen LogP contribution in [0.1, 0.15) is 6.42 Å². The largest absolute Gasteiger partial charge is 0.326 e. The molecular weight excluding hydrogens is 381 g/mol. The lowest BCUT2D eigenvalue weighted by atomic mass is 10.3. The standard InChI is InChI=1S/C13H11BrFNO3S2/c14-11-4-5-13(20-11)21(18,19)7-6-12(17)16-10-3-1-2-9(15)8-10/h1-5,8H,6-7H2,(H,16,17). The van der Waals surface area contributed by atoms with E-state index in [1.165, 1.54) is 30.3 Å². The van der Waals surface area contributed by atoms with Gasteiger partial charge in [-0.2, -0.15) is 0 Å². The molecule has 0 spiro atoms. The van der Waals surface area contributed by atoms with Gasteiger partial charge in [0, 0.05) is 12.1 Å². The highest BCUT2D eigenvalue weighted by atomic mass is 79.9. The second-order valence-corrected chi connectivity index (χ2v) is 8.98. The minimum Gasteiger partial charge on any atom is -0.326 e. The first-order valence-corrected chi connectivity index (χ1v) is 9.16. The van der Waals surface area contributed by atoms with Crippen LogP contribution in [-0.2, 0) is 14.6 Å². The molecule has 0 radical (unpaired) electrons. The number of hydrogen-bond donors (Lipinski definition) is 1. The molecule has 1 aromatic heterocycles. The molecule has 4 nitrogen and oxygen atoms in total. The summed E-state index contributed by atoms with van der Waals surface area (Å²) in [6.07, 6.45) is -0.186. The van der Waals surface area contributed by atoms with Crippen LogP contribution in [-0.4, -0.2) is 20.1 Å². The lowest BCUT2D eigenvalue weighted by Crippen LogP contribution is -2.17. The minimum absolute atomic E-state index is 0.186. The van der Waals surface area contributed by atoms with Crippen LogP contribution in [0.4, 0.5) is 10.1 Å². The Bertz CT molecular complexity index is 758. The first-order valence-electron chi connectivity index (χ1n) is 5.90. The van der Waals surface area contributed by atoms with Crippen molar-refractivity contribution < 1.29 is 17.6 Å². The quantitative estimate of drug-likeness (QED) is 0.848. The number of carbonyl (C=O) groups is 1. The van der Waals surface area contributed by atoms with E-state index < -0.39 is 21.6 Å². The van der Waals surface area contributed by atoms with Crippen molar-refractivity contribution in [2.24, 2.45) is 0 Å². The minimum atomic E-state index is -3.48. The van der Waals surface area contributed by atoms with E-state index in [0.717, 1.165) is 11.3 Å². The Morgan fingerprint density at radius 1 is 1.29 bits per heavy atom. The average Bonchev–Trinajstić information content (AvgIpc) is 2.84. The summed E-state index contributed by atoms with van der Waals surface area (Å²) in [5.41, 5.74) is 0.302. The molecule has 0 aliphatic rings. The molecule has 0 unspecified atom stereocenters. The van der Waals surface area contributed by atoms with Crippen LogP contribution < -0.4 is 5.32 Å². The molecule has 2 rings (SSSR count). The number of nitrogens with one attached hydrogen (secondary N) is 1. The maximum Gasteiger partial charge on any atom is 0.225 e. The summed E-state index contributed by atoms with van der Waals surface area (Å²) in [4.78, 5) is 11.7. The van der Waals surface area contributed by atoms with Gasteiger partial charge in [-0.3, -0.25) is 4.79 Å². The van der Waals surface area contributed by atoms with Gasteiger partial charge in [0.2, 0.25) is 5.91 Å². The number of thiophene rings is 1. The first kappa shape index (κ1) is 16.1. The van der Waals surface area contributed by atoms with Crippen LogP contribution in [0.2, 0.25) is 0 Å². The Kier molecular flexibility index (Phi) is 5.13. The van der Waals surface area contributed by atoms with Gasteiger partial charge in [-0.25, -0.2) is 12.8 Å². The molecule has 0 fully saturated rings. The summed E-state index contributed by atoms with van der Waals surface area (Å²) >= 11 is 4.29. The molecule has 0 saturated heterocycles. The fourth-order valence-electron chi connectivity index (χ4n) is 1.58. The zero-order valence-electron chi connectivity index (χ0n) is 10.7. The SMILES string of the molecule is O=C(CCS(=O)(=O)c1ccc(Br)s1)Nc1cccc(F)c1. The third-order valence-corrected chi connectivity index (χ3v) is 6.48. The maximum atomic E-state index is 13.0. The van der Waals surface area contributed by atoms with Crippen molar-refractivity contribution in [2.75, 3.05) is 11.1 Å². The molecule has 0 bridgehead atoms. The highest BCUT2D eigenvalue weighted by Gasteiger charge is 2.18. The van der Waals surface area contributed by atoms with Gasteiger partial charge in [0.15, 0.2) is 9.84 Å². The average molecular weight is 392 g/mol. The second-order valence-electron chi connectivity index (χ2n) is 4.19. The van der Waals surface area contributed by atoms with Crippen molar-refractivity contribution in [3.05, 3.63) is 46.0 Å². The molecule has 1 amide bonds. The Morgan fingerprint density at radius 2 is 2.05 bits per heavy atom. The Hall–Kier alpha value is -1.25. The van der Waals surface area contributed by atoms with Crippen molar-refractivity contribution in [1.29, 1.82) is 0 Å². The number of benzene rings is 1. The summed E-state index contributed by atoms with van der Waals surface area (Å²) in [5.74, 6) is -1.23. The number of hydrogen-bond acceptors (Lipinski definition) is 4.